The van der Waals surface area contributed by atoms with Crippen LogP contribution in [-0.2, 0) is 6.42 Å². The summed E-state index contributed by atoms with van der Waals surface area (Å²) in [5.74, 6) is 2.08. The van der Waals surface area contributed by atoms with Crippen molar-refractivity contribution >= 4 is 39.9 Å². The topological polar surface area (TPSA) is 49.8 Å². The van der Waals surface area contributed by atoms with Gasteiger partial charge in [0.15, 0.2) is 0 Å². The Morgan fingerprint density at radius 1 is 1.14 bits per heavy atom. The van der Waals surface area contributed by atoms with Crippen LogP contribution >= 0.6 is 22.6 Å². The van der Waals surface area contributed by atoms with E-state index in [-0.39, 0.29) is 5.82 Å². The van der Waals surface area contributed by atoms with Gasteiger partial charge in [-0.3, -0.25) is 0 Å². The van der Waals surface area contributed by atoms with Gasteiger partial charge in [0.2, 0.25) is 0 Å². The smallest absolute Gasteiger partial charge is 0.136 e. The fourth-order valence-electron chi connectivity index (χ4n) is 1.90. The summed E-state index contributed by atoms with van der Waals surface area (Å²) in [5, 5.41) is 6.43. The highest BCUT2D eigenvalue weighted by Gasteiger charge is 2.07. The molecule has 1 heterocycles. The highest BCUT2D eigenvalue weighted by molar-refractivity contribution is 14.1. The molecule has 0 aliphatic carbocycles. The van der Waals surface area contributed by atoms with Crippen LogP contribution in [0, 0.1) is 9.39 Å². The first-order valence-electron chi connectivity index (χ1n) is 6.96. The molecule has 6 heteroatoms. The molecule has 2 rings (SSSR count). The fraction of sp³-hybridized carbons (Fsp3) is 0.333. The lowest BCUT2D eigenvalue weighted by Crippen LogP contribution is -2.06. The number of aromatic nitrogens is 2. The Bertz CT molecular complexity index is 594. The molecule has 0 amide bonds. The van der Waals surface area contributed by atoms with E-state index in [2.05, 4.69) is 50.1 Å². The van der Waals surface area contributed by atoms with Crippen molar-refractivity contribution in [1.29, 1.82) is 0 Å². The minimum Gasteiger partial charge on any atom is -0.370 e. The van der Waals surface area contributed by atoms with Crippen molar-refractivity contribution in [2.45, 2.75) is 26.7 Å². The average molecular weight is 400 g/mol. The summed E-state index contributed by atoms with van der Waals surface area (Å²) in [6.07, 6.45) is 1.82. The fourth-order valence-corrected chi connectivity index (χ4v) is 2.51. The number of nitrogens with one attached hydrogen (secondary N) is 2. The number of hydrogen-bond acceptors (Lipinski definition) is 4. The first-order valence-corrected chi connectivity index (χ1v) is 8.04. The van der Waals surface area contributed by atoms with Crippen molar-refractivity contribution in [2.75, 3.05) is 17.2 Å². The SMILES string of the molecule is CCCc1nc(NCC)cc(Nc2ccc(F)cc2I)n1. The third kappa shape index (κ3) is 4.52. The van der Waals surface area contributed by atoms with Gasteiger partial charge >= 0.3 is 0 Å². The summed E-state index contributed by atoms with van der Waals surface area (Å²) in [7, 11) is 0. The van der Waals surface area contributed by atoms with E-state index in [0.717, 1.165) is 40.3 Å². The minimum absolute atomic E-state index is 0.243. The predicted molar refractivity (Wildman–Crippen MR) is 92.6 cm³/mol. The Morgan fingerprint density at radius 3 is 2.57 bits per heavy atom. The Labute approximate surface area is 137 Å². The van der Waals surface area contributed by atoms with Crippen LogP contribution in [0.4, 0.5) is 21.7 Å². The lowest BCUT2D eigenvalue weighted by Gasteiger charge is -2.11. The van der Waals surface area contributed by atoms with Crippen molar-refractivity contribution in [3.8, 4) is 0 Å². The monoisotopic (exact) mass is 400 g/mol. The molecule has 21 heavy (non-hydrogen) atoms. The highest BCUT2D eigenvalue weighted by atomic mass is 127. The number of aryl methyl sites for hydroxylation is 1. The second-order valence-electron chi connectivity index (χ2n) is 4.58. The normalized spacial score (nSPS) is 10.5. The quantitative estimate of drug-likeness (QED) is 0.709. The van der Waals surface area contributed by atoms with E-state index in [9.17, 15) is 4.39 Å². The van der Waals surface area contributed by atoms with Crippen molar-refractivity contribution < 1.29 is 4.39 Å². The Hall–Kier alpha value is -1.44. The van der Waals surface area contributed by atoms with Crippen molar-refractivity contribution in [3.63, 3.8) is 0 Å². The van der Waals surface area contributed by atoms with Crippen LogP contribution in [0.25, 0.3) is 0 Å². The van der Waals surface area contributed by atoms with Gasteiger partial charge < -0.3 is 10.6 Å². The molecule has 0 saturated heterocycles. The molecule has 1 aromatic carbocycles. The maximum atomic E-state index is 13.1. The zero-order valence-corrected chi connectivity index (χ0v) is 14.2. The molecule has 0 fully saturated rings. The van der Waals surface area contributed by atoms with E-state index < -0.39 is 0 Å². The molecule has 4 nitrogen and oxygen atoms in total. The molecule has 1 aromatic heterocycles. The summed E-state index contributed by atoms with van der Waals surface area (Å²) in [5.41, 5.74) is 0.834. The lowest BCUT2D eigenvalue weighted by molar-refractivity contribution is 0.627. The Morgan fingerprint density at radius 2 is 1.90 bits per heavy atom. The van der Waals surface area contributed by atoms with E-state index in [1.165, 1.54) is 12.1 Å². The second-order valence-corrected chi connectivity index (χ2v) is 5.75. The van der Waals surface area contributed by atoms with Gasteiger partial charge in [0.05, 0.1) is 5.69 Å². The van der Waals surface area contributed by atoms with E-state index in [1.807, 2.05) is 13.0 Å². The van der Waals surface area contributed by atoms with E-state index in [0.29, 0.717) is 5.82 Å². The van der Waals surface area contributed by atoms with Crippen LogP contribution in [-0.4, -0.2) is 16.5 Å². The molecule has 0 bridgehead atoms. The third-order valence-corrected chi connectivity index (χ3v) is 3.69. The van der Waals surface area contributed by atoms with Gasteiger partial charge in [-0.05, 0) is 54.1 Å². The molecule has 0 radical (unpaired) electrons. The zero-order valence-electron chi connectivity index (χ0n) is 12.1. The molecule has 2 N–H and O–H groups in total. The van der Waals surface area contributed by atoms with Crippen LogP contribution in [0.5, 0.6) is 0 Å². The predicted octanol–water partition coefficient (Wildman–Crippen LogP) is 4.35. The minimum atomic E-state index is -0.243. The molecule has 0 aliphatic heterocycles. The number of halogens is 2. The van der Waals surface area contributed by atoms with Crippen LogP contribution in [0.1, 0.15) is 26.1 Å². The highest BCUT2D eigenvalue weighted by Crippen LogP contribution is 2.23. The standard InChI is InChI=1S/C15H18FIN4/c1-3-5-13-20-14(18-4-2)9-15(21-13)19-12-7-6-10(16)8-11(12)17/h6-9H,3-5H2,1-2H3,(H2,18,19,20,21). The zero-order chi connectivity index (χ0) is 15.2. The number of hydrogen-bond donors (Lipinski definition) is 2. The van der Waals surface area contributed by atoms with Crippen LogP contribution in [0.2, 0.25) is 0 Å². The number of rotatable bonds is 6. The Kier molecular flexibility index (Phi) is 5.72. The van der Waals surface area contributed by atoms with E-state index in [4.69, 9.17) is 0 Å². The molecular weight excluding hydrogens is 382 g/mol. The molecule has 0 unspecified atom stereocenters. The van der Waals surface area contributed by atoms with Crippen LogP contribution in [0.3, 0.4) is 0 Å². The van der Waals surface area contributed by atoms with Gasteiger partial charge in [-0.15, -0.1) is 0 Å². The van der Waals surface area contributed by atoms with Crippen molar-refractivity contribution in [3.05, 3.63) is 39.5 Å². The molecule has 0 saturated carbocycles. The number of anilines is 3. The van der Waals surface area contributed by atoms with Gasteiger partial charge in [0.1, 0.15) is 23.3 Å². The first-order chi connectivity index (χ1) is 10.1. The molecule has 0 aliphatic rings. The Balaban J connectivity index is 2.29. The maximum absolute atomic E-state index is 13.1. The van der Waals surface area contributed by atoms with Crippen LogP contribution in [0.15, 0.2) is 24.3 Å². The molecule has 0 spiro atoms. The average Bonchev–Trinajstić information content (AvgIpc) is 2.42. The van der Waals surface area contributed by atoms with Gasteiger partial charge in [-0.1, -0.05) is 6.92 Å². The lowest BCUT2D eigenvalue weighted by atomic mass is 10.3. The van der Waals surface area contributed by atoms with E-state index in [1.54, 1.807) is 6.07 Å². The van der Waals surface area contributed by atoms with Gasteiger partial charge in [-0.25, -0.2) is 14.4 Å². The maximum Gasteiger partial charge on any atom is 0.136 e. The summed E-state index contributed by atoms with van der Waals surface area (Å²) in [4.78, 5) is 8.97. The van der Waals surface area contributed by atoms with Crippen molar-refractivity contribution in [2.24, 2.45) is 0 Å². The third-order valence-electron chi connectivity index (χ3n) is 2.80. The summed E-state index contributed by atoms with van der Waals surface area (Å²) >= 11 is 2.10. The molecule has 0 atom stereocenters. The second kappa shape index (κ2) is 7.53. The summed E-state index contributed by atoms with van der Waals surface area (Å²) < 4.78 is 14.0. The van der Waals surface area contributed by atoms with E-state index >= 15 is 0 Å². The molecule has 2 aromatic rings. The summed E-state index contributed by atoms with van der Waals surface area (Å²) in [6, 6.07) is 6.50. The molecule has 112 valence electrons. The van der Waals surface area contributed by atoms with Gasteiger partial charge in [0, 0.05) is 22.6 Å². The molecular formula is C15H18FIN4. The van der Waals surface area contributed by atoms with Crippen molar-refractivity contribution in [1.82, 2.24) is 9.97 Å². The number of nitrogens with zero attached hydrogens (tertiary/aromatic N) is 2. The van der Waals surface area contributed by atoms with Gasteiger partial charge in [0.25, 0.3) is 0 Å². The van der Waals surface area contributed by atoms with Gasteiger partial charge in [-0.2, -0.15) is 0 Å². The first kappa shape index (κ1) is 15.9. The largest absolute Gasteiger partial charge is 0.370 e. The summed E-state index contributed by atoms with van der Waals surface area (Å²) in [6.45, 7) is 4.92. The van der Waals surface area contributed by atoms with Crippen LogP contribution < -0.4 is 10.6 Å². The number of benzene rings is 1.